The third-order valence-corrected chi connectivity index (χ3v) is 3.50. The van der Waals surface area contributed by atoms with Crippen LogP contribution in [0.2, 0.25) is 0 Å². The molecule has 4 nitrogen and oxygen atoms in total. The average Bonchev–Trinajstić information content (AvgIpc) is 2.75. The molecule has 0 bridgehead atoms. The minimum Gasteiger partial charge on any atom is -0.468 e. The first-order valence-corrected chi connectivity index (χ1v) is 7.26. The third-order valence-electron chi connectivity index (χ3n) is 3.50. The molecule has 1 saturated heterocycles. The number of nitrogens with zero attached hydrogens (tertiary/aromatic N) is 1. The number of hydrogen-bond acceptors (Lipinski definition) is 3. The van der Waals surface area contributed by atoms with Crippen molar-refractivity contribution in [1.82, 2.24) is 4.90 Å². The van der Waals surface area contributed by atoms with Crippen LogP contribution in [0.15, 0.2) is 48.9 Å². The van der Waals surface area contributed by atoms with Crippen LogP contribution < -0.4 is 5.73 Å². The predicted octanol–water partition coefficient (Wildman–Crippen LogP) is 3.10. The molecule has 21 heavy (non-hydrogen) atoms. The van der Waals surface area contributed by atoms with Crippen molar-refractivity contribution in [2.75, 3.05) is 6.73 Å². The van der Waals surface area contributed by atoms with Crippen LogP contribution in [-0.2, 0) is 9.53 Å². The van der Waals surface area contributed by atoms with E-state index in [0.717, 1.165) is 24.8 Å². The number of carbonyl (C=O) groups excluding carboxylic acids is 1. The van der Waals surface area contributed by atoms with Crippen LogP contribution >= 0.6 is 0 Å². The van der Waals surface area contributed by atoms with Gasteiger partial charge in [-0.3, -0.25) is 9.69 Å². The van der Waals surface area contributed by atoms with Gasteiger partial charge in [-0.05, 0) is 31.3 Å². The monoisotopic (exact) mass is 290 g/mol. The van der Waals surface area contributed by atoms with Crippen LogP contribution in [0.3, 0.4) is 0 Å². The van der Waals surface area contributed by atoms with E-state index in [1.165, 1.54) is 0 Å². The molecule has 1 heterocycles. The van der Waals surface area contributed by atoms with E-state index in [-0.39, 0.29) is 24.6 Å². The highest BCUT2D eigenvalue weighted by molar-refractivity contribution is 5.93. The van der Waals surface area contributed by atoms with Gasteiger partial charge in [0.2, 0.25) is 0 Å². The van der Waals surface area contributed by atoms with Gasteiger partial charge in [0.05, 0.1) is 6.04 Å². The molecule has 0 radical (unpaired) electrons. The molecular formula is C17H26N2O2. The highest BCUT2D eigenvalue weighted by atomic mass is 16.5. The summed E-state index contributed by atoms with van der Waals surface area (Å²) in [5.74, 6) is 0.499. The zero-order valence-electron chi connectivity index (χ0n) is 13.1. The summed E-state index contributed by atoms with van der Waals surface area (Å²) in [5, 5.41) is 0. The van der Waals surface area contributed by atoms with E-state index in [0.29, 0.717) is 11.5 Å². The first-order valence-electron chi connectivity index (χ1n) is 7.26. The predicted molar refractivity (Wildman–Crippen MR) is 86.0 cm³/mol. The van der Waals surface area contributed by atoms with Gasteiger partial charge in [-0.2, -0.15) is 0 Å². The molecule has 0 saturated carbocycles. The second-order valence-electron chi connectivity index (χ2n) is 5.64. The van der Waals surface area contributed by atoms with Crippen LogP contribution in [0.4, 0.5) is 0 Å². The van der Waals surface area contributed by atoms with Gasteiger partial charge in [0.25, 0.3) is 5.91 Å². The standard InChI is InChI=1S/C17H26N2O2/c1-6-13(4)9-7-8-10-15-17(20)19(11-21-15)16(12(2)3)14(5)18/h6,10,12,16H,1,4-5,7-9,11,18H2,2-3H3. The first kappa shape index (κ1) is 17.1. The molecule has 1 fully saturated rings. The number of allylic oxidation sites excluding steroid dienone is 3. The molecule has 0 spiro atoms. The number of amides is 1. The molecule has 0 aromatic heterocycles. The summed E-state index contributed by atoms with van der Waals surface area (Å²) in [6, 6.07) is -0.191. The summed E-state index contributed by atoms with van der Waals surface area (Å²) in [4.78, 5) is 14.0. The lowest BCUT2D eigenvalue weighted by atomic mass is 10.0. The molecule has 1 aliphatic rings. The van der Waals surface area contributed by atoms with Gasteiger partial charge in [-0.25, -0.2) is 0 Å². The molecule has 2 N–H and O–H groups in total. The Morgan fingerprint density at radius 2 is 2.14 bits per heavy atom. The van der Waals surface area contributed by atoms with Crippen molar-refractivity contribution in [2.24, 2.45) is 11.7 Å². The van der Waals surface area contributed by atoms with E-state index in [9.17, 15) is 4.79 Å². The van der Waals surface area contributed by atoms with Gasteiger partial charge in [0.1, 0.15) is 0 Å². The normalized spacial score (nSPS) is 18.0. The fourth-order valence-electron chi connectivity index (χ4n) is 2.41. The number of rotatable bonds is 8. The fourth-order valence-corrected chi connectivity index (χ4v) is 2.41. The Morgan fingerprint density at radius 3 is 2.67 bits per heavy atom. The first-order chi connectivity index (χ1) is 9.88. The van der Waals surface area contributed by atoms with Gasteiger partial charge in [0, 0.05) is 5.70 Å². The molecule has 1 rings (SSSR count). The summed E-state index contributed by atoms with van der Waals surface area (Å²) >= 11 is 0. The molecule has 0 aromatic carbocycles. The van der Waals surface area contributed by atoms with E-state index in [2.05, 4.69) is 19.7 Å². The Bertz CT molecular complexity index is 463. The summed E-state index contributed by atoms with van der Waals surface area (Å²) in [6.45, 7) is 15.6. The Labute approximate surface area is 127 Å². The van der Waals surface area contributed by atoms with Gasteiger partial charge < -0.3 is 10.5 Å². The van der Waals surface area contributed by atoms with Gasteiger partial charge >= 0.3 is 0 Å². The molecule has 1 unspecified atom stereocenters. The lowest BCUT2D eigenvalue weighted by molar-refractivity contribution is -0.126. The highest BCUT2D eigenvalue weighted by Crippen LogP contribution is 2.24. The minimum absolute atomic E-state index is 0.108. The van der Waals surface area contributed by atoms with Gasteiger partial charge in [-0.15, -0.1) is 0 Å². The van der Waals surface area contributed by atoms with E-state index in [4.69, 9.17) is 10.5 Å². The maximum atomic E-state index is 12.3. The second-order valence-corrected chi connectivity index (χ2v) is 5.64. The van der Waals surface area contributed by atoms with Crippen LogP contribution in [-0.4, -0.2) is 23.6 Å². The van der Waals surface area contributed by atoms with Crippen molar-refractivity contribution in [3.63, 3.8) is 0 Å². The quantitative estimate of drug-likeness (QED) is 0.424. The highest BCUT2D eigenvalue weighted by Gasteiger charge is 2.35. The molecule has 4 heteroatoms. The Morgan fingerprint density at radius 1 is 1.48 bits per heavy atom. The Hall–Kier alpha value is -1.97. The van der Waals surface area contributed by atoms with Crippen LogP contribution in [0, 0.1) is 5.92 Å². The third kappa shape index (κ3) is 4.52. The summed E-state index contributed by atoms with van der Waals surface area (Å²) in [6.07, 6.45) is 6.17. The largest absolute Gasteiger partial charge is 0.468 e. The number of ether oxygens (including phenoxy) is 1. The molecule has 0 aromatic rings. The second kappa shape index (κ2) is 7.72. The smallest absolute Gasteiger partial charge is 0.291 e. The topological polar surface area (TPSA) is 55.6 Å². The number of nitrogens with two attached hydrogens (primary N) is 1. The number of hydrogen-bond donors (Lipinski definition) is 1. The Kier molecular flexibility index (Phi) is 6.28. The SMILES string of the molecule is C=CC(=C)CCCC=C1OCN(C(C(=C)N)C(C)C)C1=O. The molecule has 0 aliphatic carbocycles. The number of carbonyl (C=O) groups is 1. The minimum atomic E-state index is -0.191. The van der Waals surface area contributed by atoms with E-state index >= 15 is 0 Å². The zero-order valence-corrected chi connectivity index (χ0v) is 13.1. The molecular weight excluding hydrogens is 264 g/mol. The van der Waals surface area contributed by atoms with Crippen LogP contribution in [0.25, 0.3) is 0 Å². The summed E-state index contributed by atoms with van der Waals surface area (Å²) < 4.78 is 5.49. The van der Waals surface area contributed by atoms with Gasteiger partial charge in [-0.1, -0.05) is 45.2 Å². The van der Waals surface area contributed by atoms with Crippen molar-refractivity contribution in [3.8, 4) is 0 Å². The van der Waals surface area contributed by atoms with Crippen molar-refractivity contribution in [2.45, 2.75) is 39.2 Å². The summed E-state index contributed by atoms with van der Waals surface area (Å²) in [5.41, 5.74) is 7.31. The maximum absolute atomic E-state index is 12.3. The summed E-state index contributed by atoms with van der Waals surface area (Å²) in [7, 11) is 0. The van der Waals surface area contributed by atoms with E-state index in [1.807, 2.05) is 19.9 Å². The maximum Gasteiger partial charge on any atom is 0.291 e. The number of unbranched alkanes of at least 4 members (excludes halogenated alkanes) is 1. The molecule has 1 amide bonds. The van der Waals surface area contributed by atoms with Gasteiger partial charge in [0.15, 0.2) is 12.5 Å². The van der Waals surface area contributed by atoms with E-state index < -0.39 is 0 Å². The Balaban J connectivity index is 2.62. The molecule has 116 valence electrons. The van der Waals surface area contributed by atoms with Crippen molar-refractivity contribution in [1.29, 1.82) is 0 Å². The van der Waals surface area contributed by atoms with Crippen molar-refractivity contribution in [3.05, 3.63) is 48.9 Å². The zero-order chi connectivity index (χ0) is 16.0. The fraction of sp³-hybridized carbons (Fsp3) is 0.471. The molecule has 1 atom stereocenters. The van der Waals surface area contributed by atoms with Crippen LogP contribution in [0.1, 0.15) is 33.1 Å². The molecule has 1 aliphatic heterocycles. The van der Waals surface area contributed by atoms with Crippen LogP contribution in [0.5, 0.6) is 0 Å². The van der Waals surface area contributed by atoms with Crippen molar-refractivity contribution < 1.29 is 9.53 Å². The van der Waals surface area contributed by atoms with Crippen molar-refractivity contribution >= 4 is 5.91 Å². The lowest BCUT2D eigenvalue weighted by Crippen LogP contribution is -2.43. The average molecular weight is 290 g/mol. The lowest BCUT2D eigenvalue weighted by Gasteiger charge is -2.28. The van der Waals surface area contributed by atoms with E-state index in [1.54, 1.807) is 11.0 Å².